The van der Waals surface area contributed by atoms with Gasteiger partial charge in [-0.25, -0.2) is 9.97 Å². The number of carbonyl (C=O) groups is 1. The van der Waals surface area contributed by atoms with Gasteiger partial charge in [-0.15, -0.1) is 0 Å². The first kappa shape index (κ1) is 23.6. The highest BCUT2D eigenvalue weighted by Gasteiger charge is 2.37. The van der Waals surface area contributed by atoms with Crippen LogP contribution in [0.25, 0.3) is 0 Å². The number of furan rings is 1. The number of hydrogen-bond donors (Lipinski definition) is 3. The number of ketones is 1. The SMILES string of the molecule is CNS(=O)(=O)O[C@@H]1C[C@H](Nc2ncncc2C(=O)c2ccn(CC#Cc3ccco3)n2)C[C@@H]1O. The molecule has 178 valence electrons. The molecule has 1 fully saturated rings. The average molecular weight is 487 g/mol. The van der Waals surface area contributed by atoms with Crippen molar-refractivity contribution in [3.8, 4) is 11.8 Å². The van der Waals surface area contributed by atoms with E-state index in [4.69, 9.17) is 8.60 Å². The molecule has 3 N–H and O–H groups in total. The summed E-state index contributed by atoms with van der Waals surface area (Å²) < 4.78 is 37.0. The van der Waals surface area contributed by atoms with E-state index in [1.54, 1.807) is 24.4 Å². The predicted octanol–water partition coefficient (Wildman–Crippen LogP) is 0.333. The van der Waals surface area contributed by atoms with Gasteiger partial charge in [-0.05, 0) is 37.0 Å². The number of aliphatic hydroxyl groups excluding tert-OH is 1. The van der Waals surface area contributed by atoms with Crippen LogP contribution in [-0.4, -0.2) is 64.4 Å². The molecule has 3 aromatic rings. The van der Waals surface area contributed by atoms with Gasteiger partial charge < -0.3 is 14.8 Å². The first-order chi connectivity index (χ1) is 16.3. The van der Waals surface area contributed by atoms with Crippen LogP contribution in [0.1, 0.15) is 34.7 Å². The molecular formula is C21H22N6O6S. The summed E-state index contributed by atoms with van der Waals surface area (Å²) in [5, 5.41) is 17.6. The second kappa shape index (κ2) is 10.1. The molecule has 3 aromatic heterocycles. The quantitative estimate of drug-likeness (QED) is 0.299. The van der Waals surface area contributed by atoms with Gasteiger partial charge >= 0.3 is 10.3 Å². The normalized spacial score (nSPS) is 20.0. The molecule has 0 spiro atoms. The Morgan fingerprint density at radius 2 is 2.24 bits per heavy atom. The fourth-order valence-corrected chi connectivity index (χ4v) is 4.11. The molecule has 0 radical (unpaired) electrons. The summed E-state index contributed by atoms with van der Waals surface area (Å²) in [4.78, 5) is 21.2. The Morgan fingerprint density at radius 1 is 1.38 bits per heavy atom. The van der Waals surface area contributed by atoms with Crippen LogP contribution in [0.3, 0.4) is 0 Å². The van der Waals surface area contributed by atoms with Gasteiger partial charge in [0.05, 0.1) is 17.9 Å². The van der Waals surface area contributed by atoms with E-state index >= 15 is 0 Å². The van der Waals surface area contributed by atoms with Crippen molar-refractivity contribution in [2.24, 2.45) is 0 Å². The van der Waals surface area contributed by atoms with Crippen LogP contribution < -0.4 is 10.0 Å². The maximum atomic E-state index is 13.1. The number of rotatable bonds is 8. The van der Waals surface area contributed by atoms with Gasteiger partial charge in [-0.1, -0.05) is 5.92 Å². The number of hydrogen-bond acceptors (Lipinski definition) is 10. The van der Waals surface area contributed by atoms with Crippen molar-refractivity contribution in [2.45, 2.75) is 37.6 Å². The fourth-order valence-electron chi connectivity index (χ4n) is 3.48. The number of aromatic nitrogens is 4. The van der Waals surface area contributed by atoms with E-state index < -0.39 is 28.3 Å². The predicted molar refractivity (Wildman–Crippen MR) is 119 cm³/mol. The lowest BCUT2D eigenvalue weighted by molar-refractivity contribution is 0.0636. The summed E-state index contributed by atoms with van der Waals surface area (Å²) in [6.45, 7) is 0.265. The molecular weight excluding hydrogens is 464 g/mol. The van der Waals surface area contributed by atoms with E-state index in [2.05, 4.69) is 32.2 Å². The van der Waals surface area contributed by atoms with Crippen molar-refractivity contribution in [3.05, 3.63) is 60.2 Å². The summed E-state index contributed by atoms with van der Waals surface area (Å²) in [5.74, 6) is 6.15. The van der Waals surface area contributed by atoms with Crippen molar-refractivity contribution >= 4 is 21.9 Å². The number of nitrogens with zero attached hydrogens (tertiary/aromatic N) is 4. The Morgan fingerprint density at radius 3 is 3.00 bits per heavy atom. The van der Waals surface area contributed by atoms with Crippen molar-refractivity contribution < 1.29 is 26.9 Å². The Bertz CT molecular complexity index is 1310. The summed E-state index contributed by atoms with van der Waals surface area (Å²) in [6, 6.07) is 4.68. The molecule has 0 bridgehead atoms. The summed E-state index contributed by atoms with van der Waals surface area (Å²) in [6.07, 6.45) is 4.32. The van der Waals surface area contributed by atoms with Gasteiger partial charge in [-0.3, -0.25) is 13.7 Å². The molecule has 1 aliphatic rings. The van der Waals surface area contributed by atoms with Crippen molar-refractivity contribution in [2.75, 3.05) is 12.4 Å². The molecule has 1 saturated carbocycles. The van der Waals surface area contributed by atoms with Crippen molar-refractivity contribution in [3.63, 3.8) is 0 Å². The van der Waals surface area contributed by atoms with Gasteiger partial charge in [0.2, 0.25) is 5.78 Å². The Labute approximate surface area is 195 Å². The maximum absolute atomic E-state index is 13.1. The molecule has 0 aromatic carbocycles. The molecule has 0 saturated heterocycles. The maximum Gasteiger partial charge on any atom is 0.335 e. The minimum Gasteiger partial charge on any atom is -0.456 e. The van der Waals surface area contributed by atoms with Crippen LogP contribution >= 0.6 is 0 Å². The fraction of sp³-hybridized carbons (Fsp3) is 0.333. The summed E-state index contributed by atoms with van der Waals surface area (Å²) in [7, 11) is -2.73. The number of nitrogens with one attached hydrogen (secondary N) is 2. The van der Waals surface area contributed by atoms with Gasteiger partial charge in [0.1, 0.15) is 30.5 Å². The molecule has 1 aliphatic carbocycles. The van der Waals surface area contributed by atoms with Crippen LogP contribution in [0.15, 0.2) is 47.6 Å². The molecule has 34 heavy (non-hydrogen) atoms. The Balaban J connectivity index is 1.43. The third-order valence-electron chi connectivity index (χ3n) is 5.12. The van der Waals surface area contributed by atoms with Crippen LogP contribution in [0.5, 0.6) is 0 Å². The lowest BCUT2D eigenvalue weighted by Gasteiger charge is -2.15. The van der Waals surface area contributed by atoms with Crippen LogP contribution in [0.2, 0.25) is 0 Å². The van der Waals surface area contributed by atoms with Gasteiger partial charge in [0.15, 0.2) is 5.76 Å². The number of carbonyl (C=O) groups excluding carboxylic acids is 1. The standard InChI is InChI=1S/C21H22N6O6S/c1-22-34(30,31)33-19-11-14(10-18(19)28)25-21-16(12-23-13-24-21)20(29)17-6-8-27(26-17)7-2-4-15-5-3-9-32-15/h3,5-6,8-9,12-14,18-19,22,28H,7,10-11H2,1H3,(H,23,24,25)/t14-,18+,19-/m1/s1. The highest BCUT2D eigenvalue weighted by molar-refractivity contribution is 7.84. The zero-order valence-electron chi connectivity index (χ0n) is 18.1. The van der Waals surface area contributed by atoms with Gasteiger partial charge in [0, 0.05) is 25.5 Å². The number of anilines is 1. The number of aliphatic hydroxyl groups is 1. The average Bonchev–Trinajstić information content (AvgIpc) is 3.57. The molecule has 3 heterocycles. The van der Waals surface area contributed by atoms with Crippen molar-refractivity contribution in [1.82, 2.24) is 24.5 Å². The topological polar surface area (TPSA) is 161 Å². The first-order valence-electron chi connectivity index (χ1n) is 10.3. The molecule has 13 heteroatoms. The molecule has 0 unspecified atom stereocenters. The largest absolute Gasteiger partial charge is 0.456 e. The summed E-state index contributed by atoms with van der Waals surface area (Å²) in [5.41, 5.74) is 0.376. The van der Waals surface area contributed by atoms with E-state index in [0.29, 0.717) is 5.76 Å². The van der Waals surface area contributed by atoms with Crippen LogP contribution in [-0.2, 0) is 21.0 Å². The lowest BCUT2D eigenvalue weighted by atomic mass is 10.1. The van der Waals surface area contributed by atoms with Crippen LogP contribution in [0, 0.1) is 11.8 Å². The lowest BCUT2D eigenvalue weighted by Crippen LogP contribution is -2.31. The van der Waals surface area contributed by atoms with E-state index in [-0.39, 0.29) is 42.5 Å². The van der Waals surface area contributed by atoms with Gasteiger partial charge in [0.25, 0.3) is 0 Å². The monoisotopic (exact) mass is 486 g/mol. The smallest absolute Gasteiger partial charge is 0.335 e. The second-order valence-corrected chi connectivity index (χ2v) is 8.97. The van der Waals surface area contributed by atoms with E-state index in [1.165, 1.54) is 30.5 Å². The molecule has 4 rings (SSSR count). The highest BCUT2D eigenvalue weighted by Crippen LogP contribution is 2.27. The molecule has 3 atom stereocenters. The van der Waals surface area contributed by atoms with E-state index in [0.717, 1.165) is 0 Å². The third kappa shape index (κ3) is 5.67. The molecule has 12 nitrogen and oxygen atoms in total. The molecule has 0 aliphatic heterocycles. The minimum absolute atomic E-state index is 0.186. The first-order valence-corrected chi connectivity index (χ1v) is 11.7. The van der Waals surface area contributed by atoms with Crippen molar-refractivity contribution in [1.29, 1.82) is 0 Å². The van der Waals surface area contributed by atoms with E-state index in [9.17, 15) is 18.3 Å². The zero-order valence-corrected chi connectivity index (χ0v) is 18.9. The zero-order chi connectivity index (χ0) is 24.1. The summed E-state index contributed by atoms with van der Waals surface area (Å²) >= 11 is 0. The Hall–Kier alpha value is -3.57. The third-order valence-corrected chi connectivity index (χ3v) is 6.12. The highest BCUT2D eigenvalue weighted by atomic mass is 32.2. The van der Waals surface area contributed by atoms with E-state index in [1.807, 2.05) is 4.72 Å². The van der Waals surface area contributed by atoms with Gasteiger partial charge in [-0.2, -0.15) is 18.2 Å². The van der Waals surface area contributed by atoms with Crippen LogP contribution in [0.4, 0.5) is 5.82 Å². The Kier molecular flexibility index (Phi) is 7.03. The minimum atomic E-state index is -3.95. The molecule has 0 amide bonds. The second-order valence-electron chi connectivity index (χ2n) is 7.46.